The Hall–Kier alpha value is -0.450. The van der Waals surface area contributed by atoms with Crippen LogP contribution >= 0.6 is 0 Å². The van der Waals surface area contributed by atoms with Crippen LogP contribution in [0.15, 0.2) is 0 Å². The number of piperidine rings is 1. The lowest BCUT2D eigenvalue weighted by Crippen LogP contribution is -2.55. The Labute approximate surface area is 90.2 Å². The molecule has 0 spiro atoms. The first-order valence-corrected chi connectivity index (χ1v) is 5.59. The molecule has 2 rings (SSSR count). The van der Waals surface area contributed by atoms with Crippen molar-refractivity contribution >= 4 is 5.78 Å². The molecular formula is C11H19NO3. The fourth-order valence-corrected chi connectivity index (χ4v) is 2.47. The molecule has 4 nitrogen and oxygen atoms in total. The Morgan fingerprint density at radius 1 is 1.60 bits per heavy atom. The number of hydrogen-bond acceptors (Lipinski definition) is 4. The maximum atomic E-state index is 12.2. The molecule has 4 heteroatoms. The third kappa shape index (κ3) is 1.94. The lowest BCUT2D eigenvalue weighted by Gasteiger charge is -2.42. The molecule has 2 saturated heterocycles. The first-order valence-electron chi connectivity index (χ1n) is 5.59. The van der Waals surface area contributed by atoms with Crippen LogP contribution in [0.1, 0.15) is 12.8 Å². The molecule has 0 amide bonds. The standard InChI is InChI=1S/C11H19NO3/c1-12-4-2-3-9(5-12)10(14)11(6-13)7-15-8-11/h9,13H,2-8H2,1H3. The van der Waals surface area contributed by atoms with Crippen molar-refractivity contribution in [2.24, 2.45) is 11.3 Å². The fourth-order valence-electron chi connectivity index (χ4n) is 2.47. The molecule has 0 aromatic rings. The van der Waals surface area contributed by atoms with Gasteiger partial charge in [-0.25, -0.2) is 0 Å². The summed E-state index contributed by atoms with van der Waals surface area (Å²) in [6.07, 6.45) is 2.04. The van der Waals surface area contributed by atoms with Gasteiger partial charge < -0.3 is 14.7 Å². The van der Waals surface area contributed by atoms with Gasteiger partial charge in [0.2, 0.25) is 0 Å². The molecule has 86 valence electrons. The Morgan fingerprint density at radius 2 is 2.33 bits per heavy atom. The maximum absolute atomic E-state index is 12.2. The predicted molar refractivity (Wildman–Crippen MR) is 55.6 cm³/mol. The predicted octanol–water partition coefficient (Wildman–Crippen LogP) is -0.0938. The minimum Gasteiger partial charge on any atom is -0.395 e. The largest absolute Gasteiger partial charge is 0.395 e. The number of hydrogen-bond donors (Lipinski definition) is 1. The molecule has 0 aromatic carbocycles. The van der Waals surface area contributed by atoms with Crippen LogP contribution in [0.2, 0.25) is 0 Å². The van der Waals surface area contributed by atoms with Crippen LogP contribution in [-0.4, -0.2) is 55.7 Å². The second-order valence-corrected chi connectivity index (χ2v) is 4.90. The second kappa shape index (κ2) is 4.20. The zero-order valence-electron chi connectivity index (χ0n) is 9.24. The van der Waals surface area contributed by atoms with Gasteiger partial charge in [-0.1, -0.05) is 0 Å². The lowest BCUT2D eigenvalue weighted by molar-refractivity contribution is -0.173. The van der Waals surface area contributed by atoms with Crippen molar-refractivity contribution in [1.82, 2.24) is 4.90 Å². The molecule has 2 aliphatic heterocycles. The summed E-state index contributed by atoms with van der Waals surface area (Å²) in [7, 11) is 2.04. The van der Waals surface area contributed by atoms with E-state index in [1.54, 1.807) is 0 Å². The summed E-state index contributed by atoms with van der Waals surface area (Å²) >= 11 is 0. The first-order chi connectivity index (χ1) is 7.18. The topological polar surface area (TPSA) is 49.8 Å². The van der Waals surface area contributed by atoms with Crippen LogP contribution in [0.25, 0.3) is 0 Å². The SMILES string of the molecule is CN1CCCC(C(=O)C2(CO)COC2)C1. The zero-order valence-corrected chi connectivity index (χ0v) is 9.24. The Bertz CT molecular complexity index is 245. The molecule has 0 bridgehead atoms. The highest BCUT2D eigenvalue weighted by molar-refractivity contribution is 5.88. The van der Waals surface area contributed by atoms with E-state index in [2.05, 4.69) is 4.90 Å². The van der Waals surface area contributed by atoms with E-state index in [4.69, 9.17) is 4.74 Å². The molecule has 1 atom stereocenters. The quantitative estimate of drug-likeness (QED) is 0.711. The summed E-state index contributed by atoms with van der Waals surface area (Å²) in [6, 6.07) is 0. The summed E-state index contributed by atoms with van der Waals surface area (Å²) < 4.78 is 5.07. The molecule has 0 radical (unpaired) electrons. The van der Waals surface area contributed by atoms with Gasteiger partial charge >= 0.3 is 0 Å². The monoisotopic (exact) mass is 213 g/mol. The fraction of sp³-hybridized carbons (Fsp3) is 0.909. The highest BCUT2D eigenvalue weighted by Crippen LogP contribution is 2.33. The van der Waals surface area contributed by atoms with E-state index < -0.39 is 5.41 Å². The van der Waals surface area contributed by atoms with E-state index in [1.807, 2.05) is 7.05 Å². The Kier molecular flexibility index (Phi) is 3.09. The number of likely N-dealkylation sites (tertiary alicyclic amines) is 1. The molecule has 0 saturated carbocycles. The average Bonchev–Trinajstić information content (AvgIpc) is 2.17. The Morgan fingerprint density at radius 3 is 2.80 bits per heavy atom. The van der Waals surface area contributed by atoms with Crippen molar-refractivity contribution in [3.63, 3.8) is 0 Å². The van der Waals surface area contributed by atoms with E-state index in [9.17, 15) is 9.90 Å². The molecule has 2 aliphatic rings. The van der Waals surface area contributed by atoms with Gasteiger partial charge in [-0.15, -0.1) is 0 Å². The number of aliphatic hydroxyl groups is 1. The first kappa shape index (κ1) is 11.0. The van der Waals surface area contributed by atoms with E-state index >= 15 is 0 Å². The Balaban J connectivity index is 2.00. The van der Waals surface area contributed by atoms with Gasteiger partial charge in [-0.2, -0.15) is 0 Å². The lowest BCUT2D eigenvalue weighted by atomic mass is 9.74. The van der Waals surface area contributed by atoms with Crippen LogP contribution in [0.3, 0.4) is 0 Å². The van der Waals surface area contributed by atoms with Gasteiger partial charge in [0.05, 0.1) is 25.2 Å². The van der Waals surface area contributed by atoms with E-state index in [-0.39, 0.29) is 18.3 Å². The molecule has 2 fully saturated rings. The van der Waals surface area contributed by atoms with Crippen molar-refractivity contribution in [1.29, 1.82) is 0 Å². The zero-order chi connectivity index (χ0) is 10.9. The molecule has 2 heterocycles. The van der Waals surface area contributed by atoms with E-state index in [1.165, 1.54) is 0 Å². The normalized spacial score (nSPS) is 30.9. The van der Waals surface area contributed by atoms with Gasteiger partial charge in [0, 0.05) is 12.5 Å². The van der Waals surface area contributed by atoms with Crippen LogP contribution in [0.5, 0.6) is 0 Å². The second-order valence-electron chi connectivity index (χ2n) is 4.90. The number of carbonyl (C=O) groups is 1. The summed E-state index contributed by atoms with van der Waals surface area (Å²) in [5, 5.41) is 9.29. The maximum Gasteiger partial charge on any atom is 0.150 e. The van der Waals surface area contributed by atoms with Gasteiger partial charge in [0.25, 0.3) is 0 Å². The number of ketones is 1. The van der Waals surface area contributed by atoms with E-state index in [0.717, 1.165) is 25.9 Å². The highest BCUT2D eigenvalue weighted by Gasteiger charge is 2.48. The van der Waals surface area contributed by atoms with Crippen LogP contribution in [0, 0.1) is 11.3 Å². The minimum absolute atomic E-state index is 0.0634. The number of rotatable bonds is 3. The van der Waals surface area contributed by atoms with Gasteiger partial charge in [-0.05, 0) is 26.4 Å². The molecular weight excluding hydrogens is 194 g/mol. The number of nitrogens with zero attached hydrogens (tertiary/aromatic N) is 1. The highest BCUT2D eigenvalue weighted by atomic mass is 16.5. The summed E-state index contributed by atoms with van der Waals surface area (Å²) in [6.45, 7) is 2.66. The third-order valence-electron chi connectivity index (χ3n) is 3.58. The van der Waals surface area contributed by atoms with E-state index in [0.29, 0.717) is 13.2 Å². The number of carbonyl (C=O) groups excluding carboxylic acids is 1. The van der Waals surface area contributed by atoms with Crippen LogP contribution in [0.4, 0.5) is 0 Å². The van der Waals surface area contributed by atoms with Crippen molar-refractivity contribution in [3.8, 4) is 0 Å². The van der Waals surface area contributed by atoms with Gasteiger partial charge in [0.15, 0.2) is 0 Å². The summed E-state index contributed by atoms with van der Waals surface area (Å²) in [5.74, 6) is 0.308. The summed E-state index contributed by atoms with van der Waals surface area (Å²) in [5.41, 5.74) is -0.567. The van der Waals surface area contributed by atoms with Crippen molar-refractivity contribution in [2.45, 2.75) is 12.8 Å². The molecule has 15 heavy (non-hydrogen) atoms. The van der Waals surface area contributed by atoms with Gasteiger partial charge in [-0.3, -0.25) is 4.79 Å². The van der Waals surface area contributed by atoms with Crippen molar-refractivity contribution < 1.29 is 14.6 Å². The molecule has 0 aromatic heterocycles. The minimum atomic E-state index is -0.567. The number of ether oxygens (including phenoxy) is 1. The molecule has 1 N–H and O–H groups in total. The summed E-state index contributed by atoms with van der Waals surface area (Å²) in [4.78, 5) is 14.4. The molecule has 1 unspecified atom stereocenters. The third-order valence-corrected chi connectivity index (χ3v) is 3.58. The smallest absolute Gasteiger partial charge is 0.150 e. The number of aliphatic hydroxyl groups excluding tert-OH is 1. The van der Waals surface area contributed by atoms with Crippen molar-refractivity contribution in [3.05, 3.63) is 0 Å². The van der Waals surface area contributed by atoms with Gasteiger partial charge in [0.1, 0.15) is 5.78 Å². The molecule has 0 aliphatic carbocycles. The van der Waals surface area contributed by atoms with Crippen LogP contribution < -0.4 is 0 Å². The van der Waals surface area contributed by atoms with Crippen molar-refractivity contribution in [2.75, 3.05) is 40.0 Å². The number of Topliss-reactive ketones (excluding diaryl/α,β-unsaturated/α-hetero) is 1. The average molecular weight is 213 g/mol. The van der Waals surface area contributed by atoms with Crippen LogP contribution in [-0.2, 0) is 9.53 Å².